The van der Waals surface area contributed by atoms with Crippen molar-refractivity contribution in [3.63, 3.8) is 0 Å². The number of rotatable bonds is 4. The van der Waals surface area contributed by atoms with E-state index in [4.69, 9.17) is 23.2 Å². The summed E-state index contributed by atoms with van der Waals surface area (Å²) >= 11 is 11.9. The van der Waals surface area contributed by atoms with Crippen LogP contribution in [-0.2, 0) is 6.42 Å². The predicted molar refractivity (Wildman–Crippen MR) is 65.7 cm³/mol. The largest absolute Gasteiger partial charge is 0.390 e. The Bertz CT molecular complexity index is 332. The molecule has 1 aromatic carbocycles. The van der Waals surface area contributed by atoms with E-state index >= 15 is 0 Å². The maximum Gasteiger partial charge on any atom is 0.0683 e. The molecule has 0 aliphatic rings. The zero-order chi connectivity index (χ0) is 11.5. The maximum absolute atomic E-state index is 10.2. The van der Waals surface area contributed by atoms with Crippen LogP contribution in [0.1, 0.15) is 32.3 Å². The summed E-state index contributed by atoms with van der Waals surface area (Å²) in [5.74, 6) is 0. The predicted octanol–water partition coefficient (Wildman–Crippen LogP) is 4.09. The van der Waals surface area contributed by atoms with Gasteiger partial charge in [-0.25, -0.2) is 0 Å². The lowest BCUT2D eigenvalue weighted by molar-refractivity contribution is 0.0327. The van der Waals surface area contributed by atoms with Crippen molar-refractivity contribution in [3.8, 4) is 0 Å². The summed E-state index contributed by atoms with van der Waals surface area (Å²) in [4.78, 5) is 0. The zero-order valence-electron chi connectivity index (χ0n) is 9.06. The van der Waals surface area contributed by atoms with Gasteiger partial charge < -0.3 is 5.11 Å². The van der Waals surface area contributed by atoms with E-state index in [9.17, 15) is 5.11 Å². The second kappa shape index (κ2) is 5.20. The van der Waals surface area contributed by atoms with E-state index in [1.165, 1.54) is 0 Å². The van der Waals surface area contributed by atoms with Crippen LogP contribution in [0, 0.1) is 0 Å². The summed E-state index contributed by atoms with van der Waals surface area (Å²) < 4.78 is 0. The van der Waals surface area contributed by atoms with Crippen LogP contribution in [0.3, 0.4) is 0 Å². The topological polar surface area (TPSA) is 20.2 Å². The summed E-state index contributed by atoms with van der Waals surface area (Å²) in [5.41, 5.74) is 0.240. The number of halogens is 2. The molecule has 0 amide bonds. The average molecular weight is 247 g/mol. The molecule has 3 heteroatoms. The van der Waals surface area contributed by atoms with E-state index in [0.29, 0.717) is 29.3 Å². The SMILES string of the molecule is CCC(O)(CC)Cc1cc(Cl)ccc1Cl. The molecule has 0 fully saturated rings. The van der Waals surface area contributed by atoms with Crippen molar-refractivity contribution in [2.45, 2.75) is 38.7 Å². The molecule has 1 nitrogen and oxygen atoms in total. The van der Waals surface area contributed by atoms with Gasteiger partial charge in [0.05, 0.1) is 5.60 Å². The Hall–Kier alpha value is -0.240. The van der Waals surface area contributed by atoms with Crippen molar-refractivity contribution < 1.29 is 5.11 Å². The number of aliphatic hydroxyl groups is 1. The standard InChI is InChI=1S/C12H16Cl2O/c1-3-12(15,4-2)8-9-7-10(13)5-6-11(9)14/h5-7,15H,3-4,8H2,1-2H3. The van der Waals surface area contributed by atoms with Gasteiger partial charge in [0.25, 0.3) is 0 Å². The van der Waals surface area contributed by atoms with Gasteiger partial charge in [-0.2, -0.15) is 0 Å². The summed E-state index contributed by atoms with van der Waals surface area (Å²) in [6.07, 6.45) is 1.98. The molecule has 0 atom stereocenters. The number of hydrogen-bond acceptors (Lipinski definition) is 1. The van der Waals surface area contributed by atoms with E-state index in [1.54, 1.807) is 12.1 Å². The highest BCUT2D eigenvalue weighted by molar-refractivity contribution is 6.33. The quantitative estimate of drug-likeness (QED) is 0.849. The fourth-order valence-electron chi connectivity index (χ4n) is 1.53. The van der Waals surface area contributed by atoms with Crippen LogP contribution >= 0.6 is 23.2 Å². The zero-order valence-corrected chi connectivity index (χ0v) is 10.6. The lowest BCUT2D eigenvalue weighted by atomic mass is 9.89. The summed E-state index contributed by atoms with van der Waals surface area (Å²) in [7, 11) is 0. The third kappa shape index (κ3) is 3.37. The molecule has 0 aliphatic heterocycles. The van der Waals surface area contributed by atoms with Gasteiger partial charge in [0.2, 0.25) is 0 Å². The van der Waals surface area contributed by atoms with Crippen molar-refractivity contribution in [3.05, 3.63) is 33.8 Å². The smallest absolute Gasteiger partial charge is 0.0683 e. The third-order valence-electron chi connectivity index (χ3n) is 2.84. The molecule has 15 heavy (non-hydrogen) atoms. The molecule has 0 aromatic heterocycles. The third-order valence-corrected chi connectivity index (χ3v) is 3.45. The van der Waals surface area contributed by atoms with E-state index in [1.807, 2.05) is 19.9 Å². The van der Waals surface area contributed by atoms with Crippen molar-refractivity contribution in [2.75, 3.05) is 0 Å². The van der Waals surface area contributed by atoms with Gasteiger partial charge in [0, 0.05) is 16.5 Å². The van der Waals surface area contributed by atoms with Gasteiger partial charge in [-0.3, -0.25) is 0 Å². The molecule has 0 radical (unpaired) electrons. The Morgan fingerprint density at radius 2 is 1.80 bits per heavy atom. The highest BCUT2D eigenvalue weighted by atomic mass is 35.5. The molecule has 0 heterocycles. The summed E-state index contributed by atoms with van der Waals surface area (Å²) in [6, 6.07) is 5.34. The summed E-state index contributed by atoms with van der Waals surface area (Å²) in [6.45, 7) is 3.95. The van der Waals surface area contributed by atoms with Gasteiger partial charge >= 0.3 is 0 Å². The Kier molecular flexibility index (Phi) is 4.45. The van der Waals surface area contributed by atoms with Crippen LogP contribution in [-0.4, -0.2) is 10.7 Å². The van der Waals surface area contributed by atoms with Crippen LogP contribution in [0.4, 0.5) is 0 Å². The average Bonchev–Trinajstić information content (AvgIpc) is 2.23. The minimum absolute atomic E-state index is 0.555. The molecule has 0 spiro atoms. The second-order valence-corrected chi connectivity index (χ2v) is 4.69. The first kappa shape index (κ1) is 12.8. The minimum atomic E-state index is -0.672. The van der Waals surface area contributed by atoms with Crippen LogP contribution in [0.2, 0.25) is 10.0 Å². The van der Waals surface area contributed by atoms with E-state index in [2.05, 4.69) is 0 Å². The second-order valence-electron chi connectivity index (χ2n) is 3.84. The van der Waals surface area contributed by atoms with Crippen molar-refractivity contribution >= 4 is 23.2 Å². The van der Waals surface area contributed by atoms with Crippen LogP contribution < -0.4 is 0 Å². The lowest BCUT2D eigenvalue weighted by Gasteiger charge is -2.25. The van der Waals surface area contributed by atoms with Gasteiger partial charge in [0.15, 0.2) is 0 Å². The fourth-order valence-corrected chi connectivity index (χ4v) is 1.91. The molecule has 1 aromatic rings. The highest BCUT2D eigenvalue weighted by Gasteiger charge is 2.23. The fraction of sp³-hybridized carbons (Fsp3) is 0.500. The van der Waals surface area contributed by atoms with E-state index in [-0.39, 0.29) is 0 Å². The Morgan fingerprint density at radius 3 is 2.33 bits per heavy atom. The molecule has 0 unspecified atom stereocenters. The first-order valence-electron chi connectivity index (χ1n) is 5.17. The van der Waals surface area contributed by atoms with E-state index in [0.717, 1.165) is 5.56 Å². The minimum Gasteiger partial charge on any atom is -0.390 e. The van der Waals surface area contributed by atoms with Gasteiger partial charge in [0.1, 0.15) is 0 Å². The molecule has 84 valence electrons. The normalized spacial score (nSPS) is 11.8. The summed E-state index contributed by atoms with van der Waals surface area (Å²) in [5, 5.41) is 11.5. The number of hydrogen-bond donors (Lipinski definition) is 1. The molecule has 1 N–H and O–H groups in total. The Morgan fingerprint density at radius 1 is 1.20 bits per heavy atom. The Balaban J connectivity index is 2.92. The molecule has 1 rings (SSSR count). The molecular formula is C12H16Cl2O. The van der Waals surface area contributed by atoms with Gasteiger partial charge in [-0.05, 0) is 36.6 Å². The van der Waals surface area contributed by atoms with E-state index < -0.39 is 5.60 Å². The Labute approximate surface area is 101 Å². The molecule has 0 saturated heterocycles. The number of benzene rings is 1. The van der Waals surface area contributed by atoms with Crippen molar-refractivity contribution in [2.24, 2.45) is 0 Å². The molecule has 0 saturated carbocycles. The first-order valence-corrected chi connectivity index (χ1v) is 5.92. The lowest BCUT2D eigenvalue weighted by Crippen LogP contribution is -2.29. The molecular weight excluding hydrogens is 231 g/mol. The highest BCUT2D eigenvalue weighted by Crippen LogP contribution is 2.27. The molecule has 0 aliphatic carbocycles. The first-order chi connectivity index (χ1) is 7.00. The molecule has 0 bridgehead atoms. The van der Waals surface area contributed by atoms with Crippen LogP contribution in [0.5, 0.6) is 0 Å². The van der Waals surface area contributed by atoms with Gasteiger partial charge in [-0.15, -0.1) is 0 Å². The van der Waals surface area contributed by atoms with Crippen molar-refractivity contribution in [1.29, 1.82) is 0 Å². The van der Waals surface area contributed by atoms with Crippen LogP contribution in [0.25, 0.3) is 0 Å². The monoisotopic (exact) mass is 246 g/mol. The van der Waals surface area contributed by atoms with Crippen molar-refractivity contribution in [1.82, 2.24) is 0 Å². The van der Waals surface area contributed by atoms with Gasteiger partial charge in [-0.1, -0.05) is 37.0 Å². The maximum atomic E-state index is 10.2. The van der Waals surface area contributed by atoms with Crippen LogP contribution in [0.15, 0.2) is 18.2 Å².